The van der Waals surface area contributed by atoms with Gasteiger partial charge in [-0.25, -0.2) is 0 Å². The molecular weight excluding hydrogens is 261 g/mol. The van der Waals surface area contributed by atoms with Crippen molar-refractivity contribution >= 4 is 24.8 Å². The number of aromatic amines is 1. The van der Waals surface area contributed by atoms with E-state index in [1.165, 1.54) is 0 Å². The van der Waals surface area contributed by atoms with Crippen LogP contribution in [0, 0.1) is 11.8 Å². The van der Waals surface area contributed by atoms with Crippen LogP contribution < -0.4 is 5.73 Å². The number of nitrogens with one attached hydrogen (secondary N) is 1. The molecule has 0 bridgehead atoms. The van der Waals surface area contributed by atoms with E-state index in [9.17, 15) is 0 Å². The van der Waals surface area contributed by atoms with Gasteiger partial charge in [0, 0.05) is 25.7 Å². The van der Waals surface area contributed by atoms with Crippen molar-refractivity contribution in [3.8, 4) is 0 Å². The van der Waals surface area contributed by atoms with Crippen LogP contribution in [0.2, 0.25) is 0 Å². The summed E-state index contributed by atoms with van der Waals surface area (Å²) in [6.07, 6.45) is 1.77. The van der Waals surface area contributed by atoms with Gasteiger partial charge in [-0.15, -0.1) is 24.8 Å². The Hall–Kier alpha value is -0.360. The Morgan fingerprint density at radius 3 is 2.65 bits per heavy atom. The van der Waals surface area contributed by atoms with E-state index in [0.29, 0.717) is 17.9 Å². The largest absolute Gasteiger partial charge is 0.326 e. The van der Waals surface area contributed by atoms with E-state index in [-0.39, 0.29) is 24.8 Å². The normalized spacial score (nSPS) is 24.5. The van der Waals surface area contributed by atoms with E-state index >= 15 is 0 Å². The Bertz CT molecular complexity index is 304. The summed E-state index contributed by atoms with van der Waals surface area (Å²) >= 11 is 0. The van der Waals surface area contributed by atoms with Crippen LogP contribution in [-0.2, 0) is 6.54 Å². The lowest BCUT2D eigenvalue weighted by atomic mass is 9.92. The Morgan fingerprint density at radius 1 is 1.47 bits per heavy atom. The van der Waals surface area contributed by atoms with Crippen LogP contribution in [0.1, 0.15) is 19.5 Å². The molecule has 0 radical (unpaired) electrons. The molecule has 1 aromatic heterocycles. The highest BCUT2D eigenvalue weighted by atomic mass is 35.5. The molecule has 0 spiro atoms. The molecular formula is C10H21Cl2N5. The second kappa shape index (κ2) is 7.16. The number of hydrogen-bond donors (Lipinski definition) is 2. The van der Waals surface area contributed by atoms with E-state index < -0.39 is 0 Å². The fourth-order valence-electron chi connectivity index (χ4n) is 2.31. The SMILES string of the molecule is CC(C)[C@H]1CN(Cc2cn[nH]n2)C[C@@H]1N.Cl.Cl. The molecule has 17 heavy (non-hydrogen) atoms. The number of nitrogens with zero attached hydrogens (tertiary/aromatic N) is 3. The maximum atomic E-state index is 6.11. The van der Waals surface area contributed by atoms with Gasteiger partial charge in [-0.2, -0.15) is 15.4 Å². The number of nitrogens with two attached hydrogens (primary N) is 1. The first-order valence-electron chi connectivity index (χ1n) is 5.49. The number of likely N-dealkylation sites (tertiary alicyclic amines) is 1. The van der Waals surface area contributed by atoms with E-state index in [1.54, 1.807) is 6.20 Å². The van der Waals surface area contributed by atoms with Crippen LogP contribution in [0.5, 0.6) is 0 Å². The monoisotopic (exact) mass is 281 g/mol. The highest BCUT2D eigenvalue weighted by Crippen LogP contribution is 2.23. The summed E-state index contributed by atoms with van der Waals surface area (Å²) in [6.45, 7) is 7.38. The van der Waals surface area contributed by atoms with Gasteiger partial charge in [0.15, 0.2) is 0 Å². The van der Waals surface area contributed by atoms with Gasteiger partial charge in [-0.1, -0.05) is 13.8 Å². The van der Waals surface area contributed by atoms with Gasteiger partial charge in [0.25, 0.3) is 0 Å². The average molecular weight is 282 g/mol. The minimum atomic E-state index is 0. The van der Waals surface area contributed by atoms with Crippen LogP contribution in [0.15, 0.2) is 6.20 Å². The standard InChI is InChI=1S/C10H19N5.2ClH/c1-7(2)9-5-15(6-10(9)11)4-8-3-12-14-13-8;;/h3,7,9-10H,4-6,11H2,1-2H3,(H,12,13,14);2*1H/t9-,10+;;/m1../s1. The first-order chi connectivity index (χ1) is 7.16. The molecule has 0 aromatic carbocycles. The number of rotatable bonds is 3. The fraction of sp³-hybridized carbons (Fsp3) is 0.800. The predicted octanol–water partition coefficient (Wildman–Crippen LogP) is 1.06. The zero-order chi connectivity index (χ0) is 10.8. The maximum absolute atomic E-state index is 6.11. The molecule has 0 aliphatic carbocycles. The van der Waals surface area contributed by atoms with Crippen LogP contribution in [-0.4, -0.2) is 39.4 Å². The highest BCUT2D eigenvalue weighted by Gasteiger charge is 2.32. The molecule has 7 heteroatoms. The zero-order valence-corrected chi connectivity index (χ0v) is 11.8. The molecule has 2 atom stereocenters. The lowest BCUT2D eigenvalue weighted by molar-refractivity contribution is 0.293. The predicted molar refractivity (Wildman–Crippen MR) is 72.5 cm³/mol. The Balaban J connectivity index is 0.00000128. The van der Waals surface area contributed by atoms with Gasteiger partial charge in [0.05, 0.1) is 11.9 Å². The Morgan fingerprint density at radius 2 is 2.18 bits per heavy atom. The molecule has 0 unspecified atom stereocenters. The molecule has 0 saturated carbocycles. The Kier molecular flexibility index (Phi) is 7.01. The molecule has 100 valence electrons. The van der Waals surface area contributed by atoms with Crippen LogP contribution in [0.25, 0.3) is 0 Å². The molecule has 1 aliphatic heterocycles. The molecule has 1 fully saturated rings. The lowest BCUT2D eigenvalue weighted by Gasteiger charge is -2.18. The van der Waals surface area contributed by atoms with Gasteiger partial charge in [0.2, 0.25) is 0 Å². The molecule has 5 nitrogen and oxygen atoms in total. The fourth-order valence-corrected chi connectivity index (χ4v) is 2.31. The third-order valence-electron chi connectivity index (χ3n) is 3.19. The smallest absolute Gasteiger partial charge is 0.0964 e. The first kappa shape index (κ1) is 16.6. The third kappa shape index (κ3) is 4.10. The zero-order valence-electron chi connectivity index (χ0n) is 10.2. The maximum Gasteiger partial charge on any atom is 0.0964 e. The topological polar surface area (TPSA) is 70.8 Å². The molecule has 1 aliphatic rings. The molecule has 0 amide bonds. The van der Waals surface area contributed by atoms with Crippen LogP contribution in [0.3, 0.4) is 0 Å². The van der Waals surface area contributed by atoms with Crippen molar-refractivity contribution in [3.05, 3.63) is 11.9 Å². The van der Waals surface area contributed by atoms with Crippen molar-refractivity contribution in [1.29, 1.82) is 0 Å². The summed E-state index contributed by atoms with van der Waals surface area (Å²) in [5.41, 5.74) is 7.11. The minimum Gasteiger partial charge on any atom is -0.326 e. The van der Waals surface area contributed by atoms with Crippen molar-refractivity contribution in [2.45, 2.75) is 26.4 Å². The number of hydrogen-bond acceptors (Lipinski definition) is 4. The number of aromatic nitrogens is 3. The molecule has 1 aromatic rings. The van der Waals surface area contributed by atoms with Gasteiger partial charge < -0.3 is 5.73 Å². The highest BCUT2D eigenvalue weighted by molar-refractivity contribution is 5.85. The summed E-state index contributed by atoms with van der Waals surface area (Å²) in [5.74, 6) is 1.26. The van der Waals surface area contributed by atoms with Crippen molar-refractivity contribution in [3.63, 3.8) is 0 Å². The minimum absolute atomic E-state index is 0. The summed E-state index contributed by atoms with van der Waals surface area (Å²) in [4.78, 5) is 2.35. The van der Waals surface area contributed by atoms with Crippen LogP contribution in [0.4, 0.5) is 0 Å². The second-order valence-electron chi connectivity index (χ2n) is 4.73. The number of H-pyrrole nitrogens is 1. The molecule has 1 saturated heterocycles. The van der Waals surface area contributed by atoms with Gasteiger partial charge >= 0.3 is 0 Å². The van der Waals surface area contributed by atoms with E-state index in [1.807, 2.05) is 0 Å². The second-order valence-corrected chi connectivity index (χ2v) is 4.73. The average Bonchev–Trinajstić information content (AvgIpc) is 2.75. The van der Waals surface area contributed by atoms with Gasteiger partial charge in [-0.05, 0) is 11.8 Å². The van der Waals surface area contributed by atoms with Gasteiger partial charge in [0.1, 0.15) is 0 Å². The number of halogens is 2. The first-order valence-corrected chi connectivity index (χ1v) is 5.49. The van der Waals surface area contributed by atoms with Crippen molar-refractivity contribution in [2.24, 2.45) is 17.6 Å². The van der Waals surface area contributed by atoms with E-state index in [4.69, 9.17) is 5.73 Å². The van der Waals surface area contributed by atoms with Crippen molar-refractivity contribution in [1.82, 2.24) is 20.3 Å². The van der Waals surface area contributed by atoms with Crippen molar-refractivity contribution in [2.75, 3.05) is 13.1 Å². The Labute approximate surface area is 114 Å². The summed E-state index contributed by atoms with van der Waals surface area (Å²) < 4.78 is 0. The molecule has 2 rings (SSSR count). The third-order valence-corrected chi connectivity index (χ3v) is 3.19. The van der Waals surface area contributed by atoms with E-state index in [2.05, 4.69) is 34.2 Å². The van der Waals surface area contributed by atoms with Crippen LogP contribution >= 0.6 is 24.8 Å². The summed E-state index contributed by atoms with van der Waals surface area (Å²) in [7, 11) is 0. The quantitative estimate of drug-likeness (QED) is 0.869. The summed E-state index contributed by atoms with van der Waals surface area (Å²) in [5, 5.41) is 10.5. The van der Waals surface area contributed by atoms with Gasteiger partial charge in [-0.3, -0.25) is 4.90 Å². The summed E-state index contributed by atoms with van der Waals surface area (Å²) in [6, 6.07) is 0.303. The van der Waals surface area contributed by atoms with Crippen molar-refractivity contribution < 1.29 is 0 Å². The molecule has 3 N–H and O–H groups in total. The lowest BCUT2D eigenvalue weighted by Crippen LogP contribution is -2.32. The van der Waals surface area contributed by atoms with E-state index in [0.717, 1.165) is 25.3 Å². The molecule has 2 heterocycles.